The Kier molecular flexibility index (Phi) is 10.5. The first kappa shape index (κ1) is 36.8. The highest BCUT2D eigenvalue weighted by atomic mass is 19.4. The highest BCUT2D eigenvalue weighted by molar-refractivity contribution is 6.06. The summed E-state index contributed by atoms with van der Waals surface area (Å²) in [6, 6.07) is 11.3. The standard InChI is InChI=1S/C37H38F3N7O7/c1-52-31-19-28-23(17-29(31)42-34(49)27-3-2-4-32(41-27)37(38,39)40)21-47(44-28)24-9-11-45(12-10-24)13-14-53-15-16-54-25-6-5-22-20-46(36(51)26(22)18-25)30-7-8-33(48)43-35(30)50/h2-6,17-19,21,24,30H,7-16,20H2,1H3,(H,42,49)(H,43,48,50). The number of aromatic nitrogens is 3. The normalized spacial score (nSPS) is 18.2. The Hall–Kier alpha value is -5.55. The van der Waals surface area contributed by atoms with E-state index in [1.54, 1.807) is 24.3 Å². The topological polar surface area (TPSA) is 157 Å². The number of nitrogens with zero attached hydrogens (tertiary/aromatic N) is 5. The minimum Gasteiger partial charge on any atom is -0.494 e. The number of fused-ring (bicyclic) bond motifs is 2. The van der Waals surface area contributed by atoms with Gasteiger partial charge in [0.15, 0.2) is 0 Å². The Morgan fingerprint density at radius 3 is 2.59 bits per heavy atom. The van der Waals surface area contributed by atoms with E-state index in [0.29, 0.717) is 55.4 Å². The molecule has 284 valence electrons. The van der Waals surface area contributed by atoms with Crippen LogP contribution in [0.15, 0.2) is 54.7 Å². The maximum absolute atomic E-state index is 13.1. The second-order valence-electron chi connectivity index (χ2n) is 13.3. The van der Waals surface area contributed by atoms with Crippen molar-refractivity contribution in [1.82, 2.24) is 29.9 Å². The fraction of sp³-hybridized carbons (Fsp3) is 0.405. The number of pyridine rings is 1. The molecule has 0 radical (unpaired) electrons. The molecule has 0 aliphatic carbocycles. The molecule has 0 bridgehead atoms. The van der Waals surface area contributed by atoms with Crippen LogP contribution in [0.5, 0.6) is 11.5 Å². The molecule has 3 aliphatic heterocycles. The van der Waals surface area contributed by atoms with Crippen LogP contribution in [0.4, 0.5) is 18.9 Å². The van der Waals surface area contributed by atoms with Gasteiger partial charge in [0.1, 0.15) is 35.5 Å². The number of benzene rings is 2. The highest BCUT2D eigenvalue weighted by Crippen LogP contribution is 2.33. The van der Waals surface area contributed by atoms with Crippen LogP contribution in [0.3, 0.4) is 0 Å². The molecule has 7 rings (SSSR count). The number of anilines is 1. The van der Waals surface area contributed by atoms with Crippen LogP contribution in [-0.2, 0) is 27.0 Å². The number of ether oxygens (including phenoxy) is 3. The number of amides is 4. The maximum Gasteiger partial charge on any atom is 0.433 e. The van der Waals surface area contributed by atoms with E-state index in [1.165, 1.54) is 18.1 Å². The molecule has 0 saturated carbocycles. The predicted molar refractivity (Wildman–Crippen MR) is 187 cm³/mol. The van der Waals surface area contributed by atoms with Gasteiger partial charge in [-0.3, -0.25) is 29.2 Å². The molecule has 2 saturated heterocycles. The predicted octanol–water partition coefficient (Wildman–Crippen LogP) is 4.20. The molecule has 4 aromatic rings. The van der Waals surface area contributed by atoms with Gasteiger partial charge < -0.3 is 29.3 Å². The van der Waals surface area contributed by atoms with Crippen LogP contribution in [-0.4, -0.2) is 101 Å². The summed E-state index contributed by atoms with van der Waals surface area (Å²) in [7, 11) is 1.43. The van der Waals surface area contributed by atoms with Gasteiger partial charge in [-0.05, 0) is 55.2 Å². The second-order valence-corrected chi connectivity index (χ2v) is 13.3. The molecular weight excluding hydrogens is 711 g/mol. The quantitative estimate of drug-likeness (QED) is 0.159. The Morgan fingerprint density at radius 2 is 1.83 bits per heavy atom. The number of halogens is 3. The molecule has 2 aromatic carbocycles. The number of alkyl halides is 3. The van der Waals surface area contributed by atoms with E-state index in [0.717, 1.165) is 55.6 Å². The van der Waals surface area contributed by atoms with Crippen molar-refractivity contribution >= 4 is 40.2 Å². The van der Waals surface area contributed by atoms with Gasteiger partial charge >= 0.3 is 6.18 Å². The average molecular weight is 750 g/mol. The van der Waals surface area contributed by atoms with Gasteiger partial charge in [-0.15, -0.1) is 0 Å². The monoisotopic (exact) mass is 749 g/mol. The smallest absolute Gasteiger partial charge is 0.433 e. The SMILES string of the molecule is COc1cc2nn(C3CCN(CCOCCOc4ccc5c(c4)C(=O)N(C4CCC(=O)NC4=O)C5)CC3)cc2cc1NC(=O)c1cccc(C(F)(F)F)n1. The molecule has 1 atom stereocenters. The van der Waals surface area contributed by atoms with Gasteiger partial charge in [0.05, 0.1) is 37.6 Å². The molecule has 4 amide bonds. The Labute approximate surface area is 307 Å². The molecule has 2 fully saturated rings. The molecule has 2 aromatic heterocycles. The van der Waals surface area contributed by atoms with E-state index in [4.69, 9.17) is 19.3 Å². The second kappa shape index (κ2) is 15.4. The number of likely N-dealkylation sites (tertiary alicyclic amines) is 1. The van der Waals surface area contributed by atoms with Crippen LogP contribution >= 0.6 is 0 Å². The van der Waals surface area contributed by atoms with E-state index >= 15 is 0 Å². The number of hydrogen-bond acceptors (Lipinski definition) is 10. The third kappa shape index (κ3) is 8.01. The number of imide groups is 1. The lowest BCUT2D eigenvalue weighted by molar-refractivity contribution is -0.141. The Bertz CT molecular complexity index is 2080. The van der Waals surface area contributed by atoms with E-state index in [9.17, 15) is 32.3 Å². The van der Waals surface area contributed by atoms with Gasteiger partial charge in [-0.25, -0.2) is 4.98 Å². The summed E-state index contributed by atoms with van der Waals surface area (Å²) in [5.41, 5.74) is 0.720. The van der Waals surface area contributed by atoms with Crippen molar-refractivity contribution in [2.45, 2.75) is 50.5 Å². The largest absolute Gasteiger partial charge is 0.494 e. The van der Waals surface area contributed by atoms with Crippen molar-refractivity contribution in [3.8, 4) is 11.5 Å². The molecule has 5 heterocycles. The lowest BCUT2D eigenvalue weighted by Gasteiger charge is -2.31. The summed E-state index contributed by atoms with van der Waals surface area (Å²) in [4.78, 5) is 56.9. The van der Waals surface area contributed by atoms with E-state index in [-0.39, 0.29) is 35.7 Å². The van der Waals surface area contributed by atoms with Gasteiger partial charge in [-0.2, -0.15) is 18.3 Å². The van der Waals surface area contributed by atoms with Crippen molar-refractivity contribution < 1.29 is 46.6 Å². The molecular formula is C37H38F3N7O7. The number of methoxy groups -OCH3 is 1. The number of hydrogen-bond donors (Lipinski definition) is 2. The molecule has 17 heteroatoms. The fourth-order valence-corrected chi connectivity index (χ4v) is 6.98. The number of rotatable bonds is 12. The van der Waals surface area contributed by atoms with Crippen molar-refractivity contribution in [3.63, 3.8) is 0 Å². The Balaban J connectivity index is 0.846. The molecule has 0 spiro atoms. The first-order chi connectivity index (χ1) is 26.0. The van der Waals surface area contributed by atoms with Crippen LogP contribution < -0.4 is 20.1 Å². The van der Waals surface area contributed by atoms with E-state index in [1.807, 2.05) is 16.9 Å². The van der Waals surface area contributed by atoms with Crippen LogP contribution in [0, 0.1) is 0 Å². The molecule has 3 aliphatic rings. The maximum atomic E-state index is 13.1. The molecule has 2 N–H and O–H groups in total. The fourth-order valence-electron chi connectivity index (χ4n) is 6.98. The summed E-state index contributed by atoms with van der Waals surface area (Å²) >= 11 is 0. The number of carbonyl (C=O) groups excluding carboxylic acids is 4. The Morgan fingerprint density at radius 1 is 1.02 bits per heavy atom. The van der Waals surface area contributed by atoms with E-state index in [2.05, 4.69) is 20.5 Å². The van der Waals surface area contributed by atoms with Crippen molar-refractivity contribution in [2.24, 2.45) is 0 Å². The van der Waals surface area contributed by atoms with Gasteiger partial charge in [0, 0.05) is 55.8 Å². The van der Waals surface area contributed by atoms with Crippen molar-refractivity contribution in [3.05, 3.63) is 77.2 Å². The summed E-state index contributed by atoms with van der Waals surface area (Å²) in [5, 5.41) is 10.4. The first-order valence-corrected chi connectivity index (χ1v) is 17.6. The number of piperidine rings is 2. The first-order valence-electron chi connectivity index (χ1n) is 17.6. The zero-order valence-corrected chi connectivity index (χ0v) is 29.4. The molecule has 1 unspecified atom stereocenters. The van der Waals surface area contributed by atoms with Gasteiger partial charge in [-0.1, -0.05) is 12.1 Å². The zero-order chi connectivity index (χ0) is 38.0. The summed E-state index contributed by atoms with van der Waals surface area (Å²) in [6.07, 6.45) is -0.555. The molecule has 54 heavy (non-hydrogen) atoms. The number of carbonyl (C=O) groups is 4. The van der Waals surface area contributed by atoms with Crippen molar-refractivity contribution in [2.75, 3.05) is 51.9 Å². The zero-order valence-electron chi connectivity index (χ0n) is 29.4. The minimum atomic E-state index is -4.67. The van der Waals surface area contributed by atoms with Crippen LogP contribution in [0.1, 0.15) is 63.8 Å². The average Bonchev–Trinajstić information content (AvgIpc) is 3.72. The van der Waals surface area contributed by atoms with Crippen molar-refractivity contribution in [1.29, 1.82) is 0 Å². The van der Waals surface area contributed by atoms with E-state index < -0.39 is 29.7 Å². The van der Waals surface area contributed by atoms with Crippen LogP contribution in [0.2, 0.25) is 0 Å². The highest BCUT2D eigenvalue weighted by Gasteiger charge is 2.39. The third-order valence-electron chi connectivity index (χ3n) is 9.84. The van der Waals surface area contributed by atoms with Gasteiger partial charge in [0.25, 0.3) is 11.8 Å². The lowest BCUT2D eigenvalue weighted by Crippen LogP contribution is -2.52. The summed E-state index contributed by atoms with van der Waals surface area (Å²) < 4.78 is 58.4. The molecule has 14 nitrogen and oxygen atoms in total. The van der Waals surface area contributed by atoms with Gasteiger partial charge in [0.2, 0.25) is 11.8 Å². The summed E-state index contributed by atoms with van der Waals surface area (Å²) in [5.74, 6) is -0.964. The lowest BCUT2D eigenvalue weighted by atomic mass is 10.0. The third-order valence-corrected chi connectivity index (χ3v) is 9.84. The van der Waals surface area contributed by atoms with Crippen LogP contribution in [0.25, 0.3) is 10.9 Å². The minimum absolute atomic E-state index is 0.150. The summed E-state index contributed by atoms with van der Waals surface area (Å²) in [6.45, 7) is 3.93. The number of nitrogens with one attached hydrogen (secondary N) is 2.